The number of amides is 1. The largest absolute Gasteiger partial charge is 0.493 e. The van der Waals surface area contributed by atoms with Crippen LogP contribution in [0, 0.1) is 6.92 Å². The van der Waals surface area contributed by atoms with E-state index in [1.54, 1.807) is 26.0 Å². The van der Waals surface area contributed by atoms with Gasteiger partial charge in [0, 0.05) is 17.9 Å². The van der Waals surface area contributed by atoms with Crippen LogP contribution in [0.5, 0.6) is 11.5 Å². The van der Waals surface area contributed by atoms with Crippen LogP contribution in [0.2, 0.25) is 0 Å². The Morgan fingerprint density at radius 3 is 2.48 bits per heavy atom. The Morgan fingerprint density at radius 1 is 1.00 bits per heavy atom. The minimum Gasteiger partial charge on any atom is -0.493 e. The molecule has 0 aliphatic rings. The lowest BCUT2D eigenvalue weighted by molar-refractivity contribution is 0.0954. The highest BCUT2D eigenvalue weighted by molar-refractivity contribution is 7.98. The summed E-state index contributed by atoms with van der Waals surface area (Å²) in [7, 11) is 3.22. The van der Waals surface area contributed by atoms with Gasteiger partial charge in [0.25, 0.3) is 11.1 Å². The highest BCUT2D eigenvalue weighted by Gasteiger charge is 2.10. The van der Waals surface area contributed by atoms with Gasteiger partial charge in [-0.2, -0.15) is 0 Å². The first-order valence-corrected chi connectivity index (χ1v) is 11.6. The van der Waals surface area contributed by atoms with Gasteiger partial charge in [-0.15, -0.1) is 0 Å². The third-order valence-electron chi connectivity index (χ3n) is 5.33. The number of carbonyl (C=O) groups is 1. The van der Waals surface area contributed by atoms with Gasteiger partial charge in [0.1, 0.15) is 5.52 Å². The summed E-state index contributed by atoms with van der Waals surface area (Å²) in [6, 6.07) is 19.3. The van der Waals surface area contributed by atoms with Gasteiger partial charge in [-0.25, -0.2) is 4.98 Å². The number of oxazole rings is 1. The number of aryl methyl sites for hydroxylation is 1. The second-order valence-electron chi connectivity index (χ2n) is 7.58. The second kappa shape index (κ2) is 10.4. The molecule has 0 fully saturated rings. The van der Waals surface area contributed by atoms with Crippen LogP contribution in [0.1, 0.15) is 27.0 Å². The third-order valence-corrected chi connectivity index (χ3v) is 6.23. The monoisotopic (exact) mass is 462 g/mol. The summed E-state index contributed by atoms with van der Waals surface area (Å²) in [5, 5.41) is 3.62. The van der Waals surface area contributed by atoms with Crippen LogP contribution < -0.4 is 14.8 Å². The molecule has 0 saturated heterocycles. The lowest BCUT2D eigenvalue weighted by Gasteiger charge is -2.10. The van der Waals surface area contributed by atoms with E-state index < -0.39 is 0 Å². The van der Waals surface area contributed by atoms with Crippen LogP contribution in [0.25, 0.3) is 11.1 Å². The molecule has 3 aromatic carbocycles. The number of fused-ring (bicyclic) bond motifs is 1. The highest BCUT2D eigenvalue weighted by Crippen LogP contribution is 2.28. The third kappa shape index (κ3) is 5.49. The van der Waals surface area contributed by atoms with E-state index in [0.717, 1.165) is 27.8 Å². The zero-order valence-electron chi connectivity index (χ0n) is 18.9. The maximum atomic E-state index is 12.5. The Labute approximate surface area is 197 Å². The van der Waals surface area contributed by atoms with Gasteiger partial charge in [-0.1, -0.05) is 42.1 Å². The van der Waals surface area contributed by atoms with Crippen molar-refractivity contribution in [3.05, 3.63) is 82.9 Å². The fourth-order valence-corrected chi connectivity index (χ4v) is 4.27. The molecule has 4 aromatic rings. The summed E-state index contributed by atoms with van der Waals surface area (Å²) in [4.78, 5) is 17.1. The predicted molar refractivity (Wildman–Crippen MR) is 130 cm³/mol. The van der Waals surface area contributed by atoms with E-state index in [4.69, 9.17) is 13.9 Å². The SMILES string of the molecule is COc1ccc(CCNC(=O)c2ccc(CSc3nc4c(C)cccc4o3)cc2)cc1OC. The number of hydrogen-bond donors (Lipinski definition) is 1. The molecule has 0 atom stereocenters. The summed E-state index contributed by atoms with van der Waals surface area (Å²) < 4.78 is 16.4. The molecular weight excluding hydrogens is 436 g/mol. The molecule has 170 valence electrons. The van der Waals surface area contributed by atoms with E-state index in [1.807, 2.05) is 67.6 Å². The molecule has 1 N–H and O–H groups in total. The molecule has 0 aliphatic heterocycles. The number of hydrogen-bond acceptors (Lipinski definition) is 6. The van der Waals surface area contributed by atoms with E-state index in [0.29, 0.717) is 41.0 Å². The van der Waals surface area contributed by atoms with Crippen LogP contribution >= 0.6 is 11.8 Å². The molecule has 7 heteroatoms. The van der Waals surface area contributed by atoms with Crippen LogP contribution in [-0.4, -0.2) is 31.7 Å². The maximum Gasteiger partial charge on any atom is 0.257 e. The van der Waals surface area contributed by atoms with Crippen molar-refractivity contribution in [3.63, 3.8) is 0 Å². The second-order valence-corrected chi connectivity index (χ2v) is 8.51. The van der Waals surface area contributed by atoms with Gasteiger partial charge in [-0.3, -0.25) is 4.79 Å². The standard InChI is InChI=1S/C26H26N2O4S/c1-17-5-4-6-22-24(17)28-26(32-22)33-16-19-7-10-20(11-8-19)25(29)27-14-13-18-9-12-21(30-2)23(15-18)31-3/h4-12,15H,13-14,16H2,1-3H3,(H,27,29). The van der Waals surface area contributed by atoms with Crippen molar-refractivity contribution in [1.82, 2.24) is 10.3 Å². The predicted octanol–water partition coefficient (Wildman–Crippen LogP) is 5.42. The number of rotatable bonds is 9. The molecule has 0 saturated carbocycles. The minimum absolute atomic E-state index is 0.0934. The number of methoxy groups -OCH3 is 2. The smallest absolute Gasteiger partial charge is 0.257 e. The zero-order valence-corrected chi connectivity index (χ0v) is 19.7. The maximum absolute atomic E-state index is 12.5. The molecule has 4 rings (SSSR count). The number of carbonyl (C=O) groups excluding carboxylic acids is 1. The molecule has 1 amide bonds. The minimum atomic E-state index is -0.0934. The molecule has 1 heterocycles. The van der Waals surface area contributed by atoms with Gasteiger partial charge < -0.3 is 19.2 Å². The lowest BCUT2D eigenvalue weighted by Crippen LogP contribution is -2.25. The molecule has 0 aliphatic carbocycles. The summed E-state index contributed by atoms with van der Waals surface area (Å²) >= 11 is 1.54. The van der Waals surface area contributed by atoms with Crippen LogP contribution in [0.4, 0.5) is 0 Å². The fourth-order valence-electron chi connectivity index (χ4n) is 3.48. The van der Waals surface area contributed by atoms with E-state index in [9.17, 15) is 4.79 Å². The molecular formula is C26H26N2O4S. The number of nitrogens with one attached hydrogen (secondary N) is 1. The van der Waals surface area contributed by atoms with Crippen molar-refractivity contribution in [2.24, 2.45) is 0 Å². The van der Waals surface area contributed by atoms with Crippen molar-refractivity contribution < 1.29 is 18.7 Å². The highest BCUT2D eigenvalue weighted by atomic mass is 32.2. The molecule has 6 nitrogen and oxygen atoms in total. The quantitative estimate of drug-likeness (QED) is 0.335. The first-order valence-electron chi connectivity index (χ1n) is 10.6. The molecule has 0 spiro atoms. The molecule has 0 unspecified atom stereocenters. The first kappa shape index (κ1) is 22.7. The number of aromatic nitrogens is 1. The summed E-state index contributed by atoms with van der Waals surface area (Å²) in [6.45, 7) is 2.56. The molecule has 0 radical (unpaired) electrons. The van der Waals surface area contributed by atoms with Crippen molar-refractivity contribution >= 4 is 28.8 Å². The van der Waals surface area contributed by atoms with Gasteiger partial charge in [-0.05, 0) is 60.4 Å². The molecule has 33 heavy (non-hydrogen) atoms. The van der Waals surface area contributed by atoms with Crippen molar-refractivity contribution in [3.8, 4) is 11.5 Å². The van der Waals surface area contributed by atoms with Crippen molar-refractivity contribution in [1.29, 1.82) is 0 Å². The Kier molecular flexibility index (Phi) is 7.19. The summed E-state index contributed by atoms with van der Waals surface area (Å²) in [6.07, 6.45) is 0.699. The van der Waals surface area contributed by atoms with Crippen molar-refractivity contribution in [2.45, 2.75) is 24.3 Å². The van der Waals surface area contributed by atoms with Gasteiger partial charge in [0.05, 0.1) is 14.2 Å². The average molecular weight is 463 g/mol. The molecule has 0 bridgehead atoms. The number of thioether (sulfide) groups is 1. The fraction of sp³-hybridized carbons (Fsp3) is 0.231. The number of ether oxygens (including phenoxy) is 2. The van der Waals surface area contributed by atoms with Gasteiger partial charge in [0.15, 0.2) is 17.1 Å². The lowest BCUT2D eigenvalue weighted by atomic mass is 10.1. The van der Waals surface area contributed by atoms with Crippen LogP contribution in [-0.2, 0) is 12.2 Å². The zero-order chi connectivity index (χ0) is 23.2. The Bertz CT molecular complexity index is 1250. The van der Waals surface area contributed by atoms with E-state index in [1.165, 1.54) is 0 Å². The van der Waals surface area contributed by atoms with E-state index in [-0.39, 0.29) is 5.91 Å². The average Bonchev–Trinajstić information content (AvgIpc) is 3.27. The Balaban J connectivity index is 1.28. The normalized spacial score (nSPS) is 10.9. The number of benzene rings is 3. The Morgan fingerprint density at radius 2 is 1.76 bits per heavy atom. The van der Waals surface area contributed by atoms with Crippen LogP contribution in [0.15, 0.2) is 70.3 Å². The summed E-state index contributed by atoms with van der Waals surface area (Å²) in [5.41, 5.74) is 5.60. The van der Waals surface area contributed by atoms with E-state index in [2.05, 4.69) is 10.3 Å². The topological polar surface area (TPSA) is 73.6 Å². The summed E-state index contributed by atoms with van der Waals surface area (Å²) in [5.74, 6) is 1.99. The van der Waals surface area contributed by atoms with E-state index >= 15 is 0 Å². The van der Waals surface area contributed by atoms with Crippen LogP contribution in [0.3, 0.4) is 0 Å². The number of para-hydroxylation sites is 1. The molecule has 1 aromatic heterocycles. The van der Waals surface area contributed by atoms with Crippen molar-refractivity contribution in [2.75, 3.05) is 20.8 Å². The van der Waals surface area contributed by atoms with Gasteiger partial charge >= 0.3 is 0 Å². The van der Waals surface area contributed by atoms with Gasteiger partial charge in [0.2, 0.25) is 0 Å². The first-order chi connectivity index (χ1) is 16.1. The Hall–Kier alpha value is -3.45. The number of nitrogens with zero attached hydrogens (tertiary/aromatic N) is 1.